The quantitative estimate of drug-likeness (QED) is 0.648. The first-order valence-corrected chi connectivity index (χ1v) is 10.9. The van der Waals surface area contributed by atoms with Gasteiger partial charge in [0.1, 0.15) is 4.90 Å². The van der Waals surface area contributed by atoms with Gasteiger partial charge in [-0.05, 0) is 17.2 Å². The molecule has 0 bridgehead atoms. The fourth-order valence-electron chi connectivity index (χ4n) is 2.86. The molecule has 3 rings (SSSR count). The molecular weight excluding hydrogens is 394 g/mol. The molecule has 0 aliphatic rings. The molecule has 0 saturated carbocycles. The molecule has 2 aromatic carbocycles. The maximum atomic E-state index is 13.0. The van der Waals surface area contributed by atoms with Crippen LogP contribution in [0.1, 0.15) is 37.6 Å². The van der Waals surface area contributed by atoms with Crippen LogP contribution in [0.3, 0.4) is 0 Å². The van der Waals surface area contributed by atoms with Crippen LogP contribution >= 0.6 is 11.6 Å². The highest BCUT2D eigenvalue weighted by molar-refractivity contribution is 7.89. The third kappa shape index (κ3) is 4.82. The van der Waals surface area contributed by atoms with E-state index in [1.807, 2.05) is 63.2 Å². The molecule has 0 amide bonds. The number of hydrogen-bond donors (Lipinski definition) is 1. The molecule has 3 aromatic rings. The van der Waals surface area contributed by atoms with Crippen LogP contribution in [0.25, 0.3) is 0 Å². The van der Waals surface area contributed by atoms with Crippen molar-refractivity contribution in [2.45, 2.75) is 44.2 Å². The van der Waals surface area contributed by atoms with Crippen molar-refractivity contribution in [2.24, 2.45) is 0 Å². The topological polar surface area (TPSA) is 64.0 Å². The van der Waals surface area contributed by atoms with Crippen LogP contribution in [-0.2, 0) is 28.5 Å². The van der Waals surface area contributed by atoms with Crippen LogP contribution in [-0.4, -0.2) is 18.2 Å². The number of benzene rings is 2. The molecule has 1 aromatic heterocycles. The van der Waals surface area contributed by atoms with Crippen LogP contribution < -0.4 is 4.72 Å². The van der Waals surface area contributed by atoms with E-state index in [0.717, 1.165) is 11.1 Å². The fraction of sp³-hybridized carbons (Fsp3) is 0.286. The van der Waals surface area contributed by atoms with Crippen LogP contribution in [0, 0.1) is 0 Å². The molecule has 148 valence electrons. The largest absolute Gasteiger partial charge is 0.267 e. The van der Waals surface area contributed by atoms with Crippen LogP contribution in [0.4, 0.5) is 0 Å². The highest BCUT2D eigenvalue weighted by atomic mass is 35.5. The number of rotatable bonds is 6. The van der Waals surface area contributed by atoms with Crippen molar-refractivity contribution in [1.29, 1.82) is 0 Å². The molecule has 0 saturated heterocycles. The number of nitrogens with zero attached hydrogens (tertiary/aromatic N) is 2. The summed E-state index contributed by atoms with van der Waals surface area (Å²) in [5.74, 6) is 0. The van der Waals surface area contributed by atoms with Gasteiger partial charge in [0.2, 0.25) is 10.0 Å². The van der Waals surface area contributed by atoms with Gasteiger partial charge in [-0.1, -0.05) is 80.9 Å². The molecule has 0 unspecified atom stereocenters. The number of sulfonamides is 1. The Hall–Kier alpha value is -2.15. The first-order valence-electron chi connectivity index (χ1n) is 9.02. The smallest absolute Gasteiger partial charge is 0.244 e. The van der Waals surface area contributed by atoms with E-state index in [2.05, 4.69) is 9.82 Å². The first kappa shape index (κ1) is 20.6. The molecule has 7 heteroatoms. The molecule has 0 aliphatic carbocycles. The van der Waals surface area contributed by atoms with E-state index in [0.29, 0.717) is 17.3 Å². The predicted octanol–water partition coefficient (Wildman–Crippen LogP) is 4.36. The van der Waals surface area contributed by atoms with E-state index in [1.165, 1.54) is 0 Å². The fourth-order valence-corrected chi connectivity index (χ4v) is 4.43. The van der Waals surface area contributed by atoms with Gasteiger partial charge in [-0.3, -0.25) is 4.68 Å². The van der Waals surface area contributed by atoms with Crippen LogP contribution in [0.5, 0.6) is 0 Å². The monoisotopic (exact) mass is 417 g/mol. The lowest BCUT2D eigenvalue weighted by Gasteiger charge is -2.17. The standard InChI is InChI=1S/C21H24ClN3O2S/c1-21(2,3)20-19(15-25(24-20)14-16-9-5-4-6-10-16)28(26,27)23-13-17-11-7-8-12-18(17)22/h4-12,15,23H,13-14H2,1-3H3. The lowest BCUT2D eigenvalue weighted by Crippen LogP contribution is -2.26. The molecule has 0 radical (unpaired) electrons. The average Bonchev–Trinajstić information content (AvgIpc) is 3.07. The summed E-state index contributed by atoms with van der Waals surface area (Å²) < 4.78 is 30.4. The summed E-state index contributed by atoms with van der Waals surface area (Å²) in [4.78, 5) is 0.197. The number of hydrogen-bond acceptors (Lipinski definition) is 3. The Morgan fingerprint density at radius 1 is 1.04 bits per heavy atom. The number of halogens is 1. The van der Waals surface area contributed by atoms with E-state index < -0.39 is 15.4 Å². The minimum Gasteiger partial charge on any atom is -0.267 e. The van der Waals surface area contributed by atoms with Crippen molar-refractivity contribution in [2.75, 3.05) is 0 Å². The van der Waals surface area contributed by atoms with Gasteiger partial charge in [-0.15, -0.1) is 0 Å². The molecule has 5 nitrogen and oxygen atoms in total. The second-order valence-corrected chi connectivity index (χ2v) is 9.83. The zero-order valence-corrected chi connectivity index (χ0v) is 17.8. The van der Waals surface area contributed by atoms with Crippen molar-refractivity contribution >= 4 is 21.6 Å². The second-order valence-electron chi connectivity index (χ2n) is 7.69. The highest BCUT2D eigenvalue weighted by Crippen LogP contribution is 2.28. The van der Waals surface area contributed by atoms with Crippen molar-refractivity contribution in [3.05, 3.63) is 82.6 Å². The summed E-state index contributed by atoms with van der Waals surface area (Å²) in [6.45, 7) is 6.49. The van der Waals surface area contributed by atoms with Gasteiger partial charge >= 0.3 is 0 Å². The van der Waals surface area contributed by atoms with Crippen molar-refractivity contribution < 1.29 is 8.42 Å². The van der Waals surface area contributed by atoms with Gasteiger partial charge in [0.05, 0.1) is 12.2 Å². The third-order valence-corrected chi connectivity index (χ3v) is 6.10. The van der Waals surface area contributed by atoms with Crippen molar-refractivity contribution in [3.63, 3.8) is 0 Å². The molecule has 0 fully saturated rings. The summed E-state index contributed by atoms with van der Waals surface area (Å²) in [5, 5.41) is 5.12. The van der Waals surface area contributed by atoms with Gasteiger partial charge < -0.3 is 0 Å². The normalized spacial score (nSPS) is 12.3. The molecule has 0 atom stereocenters. The Kier molecular flexibility index (Phi) is 5.93. The van der Waals surface area contributed by atoms with E-state index in [4.69, 9.17) is 11.6 Å². The van der Waals surface area contributed by atoms with Crippen molar-refractivity contribution in [3.8, 4) is 0 Å². The predicted molar refractivity (Wildman–Crippen MR) is 112 cm³/mol. The third-order valence-electron chi connectivity index (χ3n) is 4.33. The van der Waals surface area contributed by atoms with E-state index in [1.54, 1.807) is 23.0 Å². The second kappa shape index (κ2) is 8.07. The van der Waals surface area contributed by atoms with Crippen molar-refractivity contribution in [1.82, 2.24) is 14.5 Å². The first-order chi connectivity index (χ1) is 13.2. The lowest BCUT2D eigenvalue weighted by molar-refractivity contribution is 0.531. The Morgan fingerprint density at radius 3 is 2.32 bits per heavy atom. The van der Waals surface area contributed by atoms with Crippen LogP contribution in [0.15, 0.2) is 65.7 Å². The minimum atomic E-state index is -3.75. The summed E-state index contributed by atoms with van der Waals surface area (Å²) in [6, 6.07) is 17.0. The molecule has 0 aliphatic heterocycles. The number of nitrogens with one attached hydrogen (secondary N) is 1. The number of aromatic nitrogens is 2. The van der Waals surface area contributed by atoms with E-state index in [9.17, 15) is 8.42 Å². The summed E-state index contributed by atoms with van der Waals surface area (Å²) >= 11 is 6.15. The molecule has 0 spiro atoms. The minimum absolute atomic E-state index is 0.120. The van der Waals surface area contributed by atoms with Gasteiger partial charge in [-0.2, -0.15) is 5.10 Å². The van der Waals surface area contributed by atoms with Gasteiger partial charge in [-0.25, -0.2) is 13.1 Å². The Morgan fingerprint density at radius 2 is 1.68 bits per heavy atom. The Balaban J connectivity index is 1.91. The van der Waals surface area contributed by atoms with Crippen LogP contribution in [0.2, 0.25) is 5.02 Å². The Labute approximate surface area is 171 Å². The Bertz CT molecular complexity index is 1050. The van der Waals surface area contributed by atoms with Gasteiger partial charge in [0, 0.05) is 23.2 Å². The molecule has 1 N–H and O–H groups in total. The van der Waals surface area contributed by atoms with E-state index in [-0.39, 0.29) is 11.4 Å². The SMILES string of the molecule is CC(C)(C)c1nn(Cc2ccccc2)cc1S(=O)(=O)NCc1ccccc1Cl. The molecule has 28 heavy (non-hydrogen) atoms. The highest BCUT2D eigenvalue weighted by Gasteiger charge is 2.30. The summed E-state index contributed by atoms with van der Waals surface area (Å²) in [7, 11) is -3.75. The summed E-state index contributed by atoms with van der Waals surface area (Å²) in [5.41, 5.74) is 1.89. The summed E-state index contributed by atoms with van der Waals surface area (Å²) in [6.07, 6.45) is 1.60. The zero-order valence-electron chi connectivity index (χ0n) is 16.2. The van der Waals surface area contributed by atoms with E-state index >= 15 is 0 Å². The maximum absolute atomic E-state index is 13.0. The molecule has 1 heterocycles. The zero-order chi connectivity index (χ0) is 20.4. The average molecular weight is 418 g/mol. The van der Waals surface area contributed by atoms with Gasteiger partial charge in [0.25, 0.3) is 0 Å². The lowest BCUT2D eigenvalue weighted by atomic mass is 9.92. The maximum Gasteiger partial charge on any atom is 0.244 e. The molecular formula is C21H24ClN3O2S. The van der Waals surface area contributed by atoms with Gasteiger partial charge in [0.15, 0.2) is 0 Å².